The van der Waals surface area contributed by atoms with Crippen molar-refractivity contribution in [3.8, 4) is 11.4 Å². The van der Waals surface area contributed by atoms with Crippen molar-refractivity contribution in [3.05, 3.63) is 76.3 Å². The smallest absolute Gasteiger partial charge is 0.258 e. The van der Waals surface area contributed by atoms with E-state index in [9.17, 15) is 4.79 Å². The highest BCUT2D eigenvalue weighted by molar-refractivity contribution is 9.10. The van der Waals surface area contributed by atoms with Crippen molar-refractivity contribution in [1.82, 2.24) is 14.9 Å². The first kappa shape index (κ1) is 19.2. The number of hydrogen-bond donors (Lipinski definition) is 1. The van der Waals surface area contributed by atoms with Crippen molar-refractivity contribution < 1.29 is 9.53 Å². The summed E-state index contributed by atoms with van der Waals surface area (Å²) in [5.74, 6) is 1.40. The van der Waals surface area contributed by atoms with Gasteiger partial charge >= 0.3 is 0 Å². The highest BCUT2D eigenvalue weighted by atomic mass is 79.9. The number of imidazole rings is 1. The first-order valence-electron chi connectivity index (χ1n) is 8.84. The Morgan fingerprint density at radius 1 is 1.26 bits per heavy atom. The summed E-state index contributed by atoms with van der Waals surface area (Å²) in [4.78, 5) is 16.5. The van der Waals surface area contributed by atoms with Gasteiger partial charge in [0.1, 0.15) is 11.6 Å². The highest BCUT2D eigenvalue weighted by Gasteiger charge is 2.09. The lowest BCUT2D eigenvalue weighted by atomic mass is 10.1. The summed E-state index contributed by atoms with van der Waals surface area (Å²) in [6.45, 7) is 4.44. The number of nitrogens with one attached hydrogen (secondary N) is 1. The third-order valence-electron chi connectivity index (χ3n) is 4.32. The van der Waals surface area contributed by atoms with Gasteiger partial charge in [0.25, 0.3) is 5.91 Å². The second kappa shape index (κ2) is 8.86. The van der Waals surface area contributed by atoms with E-state index >= 15 is 0 Å². The van der Waals surface area contributed by atoms with Crippen LogP contribution in [0.3, 0.4) is 0 Å². The molecule has 0 fully saturated rings. The lowest BCUT2D eigenvalue weighted by Crippen LogP contribution is -2.28. The molecule has 0 saturated heterocycles. The van der Waals surface area contributed by atoms with E-state index in [0.717, 1.165) is 28.0 Å². The van der Waals surface area contributed by atoms with Gasteiger partial charge in [0.15, 0.2) is 6.61 Å². The maximum Gasteiger partial charge on any atom is 0.258 e. The quantitative estimate of drug-likeness (QED) is 0.614. The van der Waals surface area contributed by atoms with E-state index < -0.39 is 0 Å². The number of benzene rings is 2. The van der Waals surface area contributed by atoms with E-state index in [0.29, 0.717) is 12.3 Å². The Kier molecular flexibility index (Phi) is 6.29. The number of aryl methyl sites for hydroxylation is 2. The lowest BCUT2D eigenvalue weighted by molar-refractivity contribution is -0.123. The molecular weight excluding hydrogens is 406 g/mol. The zero-order chi connectivity index (χ0) is 19.2. The Hall–Kier alpha value is -2.60. The number of carbonyl (C=O) groups is 1. The van der Waals surface area contributed by atoms with Crippen LogP contribution in [0.1, 0.15) is 23.9 Å². The largest absolute Gasteiger partial charge is 0.483 e. The number of nitrogens with zero attached hydrogens (tertiary/aromatic N) is 2. The standard InChI is InChI=1S/C21H22BrN3O2/c1-3-16-8-9-20(18(22)12-16)27-14-21(26)24-13-17-6-4-5-7-19(17)25-11-10-23-15(25)2/h4-12H,3,13-14H2,1-2H3,(H,24,26). The average Bonchev–Trinajstić information content (AvgIpc) is 3.11. The molecule has 0 saturated carbocycles. The molecule has 5 nitrogen and oxygen atoms in total. The molecule has 1 heterocycles. The molecule has 0 unspecified atom stereocenters. The molecule has 1 amide bonds. The second-order valence-electron chi connectivity index (χ2n) is 6.16. The number of aromatic nitrogens is 2. The van der Waals surface area contributed by atoms with Crippen LogP contribution in [-0.4, -0.2) is 22.1 Å². The molecular formula is C21H22BrN3O2. The molecule has 0 aliphatic heterocycles. The SMILES string of the molecule is CCc1ccc(OCC(=O)NCc2ccccc2-n2ccnc2C)c(Br)c1. The minimum atomic E-state index is -0.168. The summed E-state index contributed by atoms with van der Waals surface area (Å²) >= 11 is 3.49. The third-order valence-corrected chi connectivity index (χ3v) is 4.94. The van der Waals surface area contributed by atoms with E-state index in [1.165, 1.54) is 5.56 Å². The van der Waals surface area contributed by atoms with Crippen LogP contribution in [0.15, 0.2) is 59.3 Å². The predicted molar refractivity (Wildman–Crippen MR) is 109 cm³/mol. The van der Waals surface area contributed by atoms with Crippen LogP contribution < -0.4 is 10.1 Å². The van der Waals surface area contributed by atoms with Gasteiger partial charge in [-0.1, -0.05) is 31.2 Å². The highest BCUT2D eigenvalue weighted by Crippen LogP contribution is 2.26. The molecule has 1 aromatic heterocycles. The summed E-state index contributed by atoms with van der Waals surface area (Å²) in [5.41, 5.74) is 3.23. The van der Waals surface area contributed by atoms with Crippen LogP contribution in [0.2, 0.25) is 0 Å². The molecule has 0 spiro atoms. The van der Waals surface area contributed by atoms with Gasteiger partial charge in [-0.25, -0.2) is 4.98 Å². The minimum absolute atomic E-state index is 0.0314. The van der Waals surface area contributed by atoms with Crippen molar-refractivity contribution in [2.75, 3.05) is 6.61 Å². The Morgan fingerprint density at radius 2 is 2.07 bits per heavy atom. The Morgan fingerprint density at radius 3 is 2.78 bits per heavy atom. The fourth-order valence-electron chi connectivity index (χ4n) is 2.80. The maximum absolute atomic E-state index is 12.2. The molecule has 0 radical (unpaired) electrons. The fourth-order valence-corrected chi connectivity index (χ4v) is 3.34. The number of amides is 1. The molecule has 6 heteroatoms. The average molecular weight is 428 g/mol. The van der Waals surface area contributed by atoms with Gasteiger partial charge in [0.2, 0.25) is 0 Å². The molecule has 3 rings (SSSR count). The zero-order valence-electron chi connectivity index (χ0n) is 15.4. The van der Waals surface area contributed by atoms with Crippen LogP contribution in [0.5, 0.6) is 5.75 Å². The Balaban J connectivity index is 1.60. The molecule has 2 aromatic carbocycles. The molecule has 3 aromatic rings. The van der Waals surface area contributed by atoms with E-state index in [1.807, 2.05) is 60.2 Å². The van der Waals surface area contributed by atoms with Gasteiger partial charge in [-0.2, -0.15) is 0 Å². The number of rotatable bonds is 7. The van der Waals surface area contributed by atoms with Crippen LogP contribution in [-0.2, 0) is 17.8 Å². The van der Waals surface area contributed by atoms with Crippen molar-refractivity contribution >= 4 is 21.8 Å². The lowest BCUT2D eigenvalue weighted by Gasteiger charge is -2.13. The number of carbonyl (C=O) groups excluding carboxylic acids is 1. The van der Waals surface area contributed by atoms with Gasteiger partial charge in [0.05, 0.1) is 10.2 Å². The molecule has 0 aliphatic rings. The van der Waals surface area contributed by atoms with Crippen molar-refractivity contribution in [2.45, 2.75) is 26.8 Å². The number of halogens is 1. The van der Waals surface area contributed by atoms with Crippen molar-refractivity contribution in [2.24, 2.45) is 0 Å². The van der Waals surface area contributed by atoms with E-state index in [2.05, 4.69) is 33.2 Å². The molecule has 27 heavy (non-hydrogen) atoms. The fraction of sp³-hybridized carbons (Fsp3) is 0.238. The Bertz CT molecular complexity index is 937. The summed E-state index contributed by atoms with van der Waals surface area (Å²) < 4.78 is 8.50. The van der Waals surface area contributed by atoms with Crippen LogP contribution in [0.4, 0.5) is 0 Å². The first-order valence-corrected chi connectivity index (χ1v) is 9.64. The number of ether oxygens (including phenoxy) is 1. The van der Waals surface area contributed by atoms with Gasteiger partial charge in [-0.15, -0.1) is 0 Å². The zero-order valence-corrected chi connectivity index (χ0v) is 17.0. The Labute approximate surface area is 167 Å². The summed E-state index contributed by atoms with van der Waals surface area (Å²) in [6, 6.07) is 13.8. The van der Waals surface area contributed by atoms with Gasteiger partial charge in [0, 0.05) is 18.9 Å². The monoisotopic (exact) mass is 427 g/mol. The van der Waals surface area contributed by atoms with Crippen molar-refractivity contribution in [1.29, 1.82) is 0 Å². The third kappa shape index (κ3) is 4.77. The van der Waals surface area contributed by atoms with Gasteiger partial charge in [-0.05, 0) is 58.6 Å². The molecule has 0 atom stereocenters. The summed E-state index contributed by atoms with van der Waals surface area (Å²) in [6.07, 6.45) is 4.63. The summed E-state index contributed by atoms with van der Waals surface area (Å²) in [5, 5.41) is 2.92. The van der Waals surface area contributed by atoms with Gasteiger partial charge in [-0.3, -0.25) is 4.79 Å². The van der Waals surface area contributed by atoms with E-state index in [1.54, 1.807) is 6.20 Å². The predicted octanol–water partition coefficient (Wildman–Crippen LogP) is 4.20. The minimum Gasteiger partial charge on any atom is -0.483 e. The molecule has 0 aliphatic carbocycles. The number of hydrogen-bond acceptors (Lipinski definition) is 3. The van der Waals surface area contributed by atoms with Gasteiger partial charge < -0.3 is 14.6 Å². The molecule has 0 bridgehead atoms. The normalized spacial score (nSPS) is 10.6. The second-order valence-corrected chi connectivity index (χ2v) is 7.01. The van der Waals surface area contributed by atoms with Crippen LogP contribution in [0.25, 0.3) is 5.69 Å². The van der Waals surface area contributed by atoms with Crippen LogP contribution in [0, 0.1) is 6.92 Å². The van der Waals surface area contributed by atoms with Crippen molar-refractivity contribution in [3.63, 3.8) is 0 Å². The van der Waals surface area contributed by atoms with E-state index in [-0.39, 0.29) is 12.5 Å². The molecule has 1 N–H and O–H groups in total. The molecule has 140 valence electrons. The topological polar surface area (TPSA) is 56.1 Å². The summed E-state index contributed by atoms with van der Waals surface area (Å²) in [7, 11) is 0. The van der Waals surface area contributed by atoms with E-state index in [4.69, 9.17) is 4.74 Å². The first-order chi connectivity index (χ1) is 13.1. The maximum atomic E-state index is 12.2. The number of para-hydroxylation sites is 1. The van der Waals surface area contributed by atoms with Crippen LogP contribution >= 0.6 is 15.9 Å².